The second-order valence-electron chi connectivity index (χ2n) is 2.72. The average Bonchev–Trinajstić information content (AvgIpc) is 2.12. The van der Waals surface area contributed by atoms with Crippen LogP contribution in [0.15, 0.2) is 12.4 Å². The number of halogens is 1. The molecule has 1 aromatic heterocycles. The Hall–Kier alpha value is -0.310. The van der Waals surface area contributed by atoms with Crippen molar-refractivity contribution >= 4 is 16.1 Å². The lowest BCUT2D eigenvalue weighted by molar-refractivity contribution is 0.402. The summed E-state index contributed by atoms with van der Waals surface area (Å²) in [5.74, 6) is 1.90. The predicted molar refractivity (Wildman–Crippen MR) is 43.1 cm³/mol. The third-order valence-corrected chi connectivity index (χ3v) is 2.69. The summed E-state index contributed by atoms with van der Waals surface area (Å²) in [6, 6.07) is 0. The molecule has 0 saturated heterocycles. The highest BCUT2D eigenvalue weighted by molar-refractivity contribution is 9.08. The van der Waals surface area contributed by atoms with Gasteiger partial charge in [-0.25, -0.2) is 4.98 Å². The lowest BCUT2D eigenvalue weighted by Crippen LogP contribution is -2.11. The van der Waals surface area contributed by atoms with E-state index in [4.69, 9.17) is 0 Å². The summed E-state index contributed by atoms with van der Waals surface area (Å²) in [7, 11) is 0. The van der Waals surface area contributed by atoms with Gasteiger partial charge < -0.3 is 0 Å². The number of nitrogens with zero attached hydrogens (tertiary/aromatic N) is 2. The van der Waals surface area contributed by atoms with Gasteiger partial charge in [-0.15, -0.1) is 0 Å². The van der Waals surface area contributed by atoms with E-state index in [1.54, 1.807) is 0 Å². The minimum atomic E-state index is 0.717. The zero-order chi connectivity index (χ0) is 6.97. The van der Waals surface area contributed by atoms with Gasteiger partial charge in [-0.3, -0.25) is 3.59 Å². The number of aromatic nitrogens is 2. The summed E-state index contributed by atoms with van der Waals surface area (Å²) in [5.41, 5.74) is 0. The highest BCUT2D eigenvalue weighted by atomic mass is 79.9. The molecule has 2 nitrogen and oxygen atoms in total. The Labute approximate surface area is 68.6 Å². The van der Waals surface area contributed by atoms with Gasteiger partial charge in [-0.1, -0.05) is 6.42 Å². The van der Waals surface area contributed by atoms with Crippen molar-refractivity contribution in [3.8, 4) is 0 Å². The van der Waals surface area contributed by atoms with E-state index >= 15 is 0 Å². The molecule has 2 rings (SSSR count). The molecule has 1 heterocycles. The van der Waals surface area contributed by atoms with Crippen LogP contribution in [0.3, 0.4) is 0 Å². The van der Waals surface area contributed by atoms with Crippen LogP contribution < -0.4 is 0 Å². The van der Waals surface area contributed by atoms with Gasteiger partial charge >= 0.3 is 0 Å². The van der Waals surface area contributed by atoms with Crippen LogP contribution in [0.25, 0.3) is 0 Å². The van der Waals surface area contributed by atoms with Gasteiger partial charge in [0.15, 0.2) is 0 Å². The number of rotatable bonds is 1. The van der Waals surface area contributed by atoms with Crippen molar-refractivity contribution in [3.05, 3.63) is 18.2 Å². The molecule has 1 aliphatic rings. The summed E-state index contributed by atoms with van der Waals surface area (Å²) in [6.45, 7) is 0. The lowest BCUT2D eigenvalue weighted by atomic mass is 9.85. The molecule has 0 spiro atoms. The first-order chi connectivity index (χ1) is 4.88. The highest BCUT2D eigenvalue weighted by Gasteiger charge is 2.22. The van der Waals surface area contributed by atoms with E-state index in [-0.39, 0.29) is 0 Å². The van der Waals surface area contributed by atoms with Crippen molar-refractivity contribution in [3.63, 3.8) is 0 Å². The number of hydrogen-bond donors (Lipinski definition) is 0. The Morgan fingerprint density at radius 3 is 2.80 bits per heavy atom. The summed E-state index contributed by atoms with van der Waals surface area (Å²) in [5, 5.41) is 0. The van der Waals surface area contributed by atoms with Gasteiger partial charge in [0, 0.05) is 18.3 Å². The maximum atomic E-state index is 4.25. The maximum absolute atomic E-state index is 4.25. The molecule has 54 valence electrons. The summed E-state index contributed by atoms with van der Waals surface area (Å²) < 4.78 is 1.94. The van der Waals surface area contributed by atoms with E-state index in [9.17, 15) is 0 Å². The van der Waals surface area contributed by atoms with Gasteiger partial charge in [0.05, 0.1) is 16.1 Å². The van der Waals surface area contributed by atoms with Crippen molar-refractivity contribution in [1.29, 1.82) is 0 Å². The molecule has 1 aliphatic carbocycles. The fraction of sp³-hybridized carbons (Fsp3) is 0.571. The molecule has 0 amide bonds. The molecule has 0 aromatic carbocycles. The summed E-state index contributed by atoms with van der Waals surface area (Å²) in [4.78, 5) is 4.25. The smallest absolute Gasteiger partial charge is 0.121 e. The van der Waals surface area contributed by atoms with Crippen LogP contribution in [0, 0.1) is 0 Å². The molecule has 0 radical (unpaired) electrons. The maximum Gasteiger partial charge on any atom is 0.121 e. The molecule has 0 unspecified atom stereocenters. The number of hydrogen-bond acceptors (Lipinski definition) is 1. The quantitative estimate of drug-likeness (QED) is 0.681. The van der Waals surface area contributed by atoms with Crippen LogP contribution in [0.1, 0.15) is 31.0 Å². The van der Waals surface area contributed by atoms with Crippen LogP contribution in [0.2, 0.25) is 0 Å². The Morgan fingerprint density at radius 1 is 1.60 bits per heavy atom. The molecule has 0 atom stereocenters. The zero-order valence-electron chi connectivity index (χ0n) is 5.63. The molecule has 0 bridgehead atoms. The van der Waals surface area contributed by atoms with Crippen LogP contribution in [-0.2, 0) is 0 Å². The Morgan fingerprint density at radius 2 is 2.40 bits per heavy atom. The van der Waals surface area contributed by atoms with Gasteiger partial charge in [-0.05, 0) is 12.8 Å². The molecule has 3 heteroatoms. The molecule has 1 aromatic rings. The molecule has 0 aliphatic heterocycles. The molecule has 1 fully saturated rings. The Bertz CT molecular complexity index is 227. The third-order valence-electron chi connectivity index (χ3n) is 2.09. The fourth-order valence-electron chi connectivity index (χ4n) is 1.25. The van der Waals surface area contributed by atoms with E-state index in [1.165, 1.54) is 25.1 Å². The molecular weight excluding hydrogens is 192 g/mol. The van der Waals surface area contributed by atoms with E-state index < -0.39 is 0 Å². The van der Waals surface area contributed by atoms with Crippen molar-refractivity contribution in [2.45, 2.75) is 25.2 Å². The lowest BCUT2D eigenvalue weighted by Gasteiger charge is -2.23. The minimum absolute atomic E-state index is 0.717. The van der Waals surface area contributed by atoms with Crippen LogP contribution >= 0.6 is 16.1 Å². The van der Waals surface area contributed by atoms with E-state index in [0.29, 0.717) is 0 Å². The highest BCUT2D eigenvalue weighted by Crippen LogP contribution is 2.35. The molecule has 0 N–H and O–H groups in total. The largest absolute Gasteiger partial charge is 0.270 e. The minimum Gasteiger partial charge on any atom is -0.270 e. The van der Waals surface area contributed by atoms with Crippen molar-refractivity contribution in [2.75, 3.05) is 0 Å². The molecular formula is C7H9BrN2. The first-order valence-corrected chi connectivity index (χ1v) is 4.28. The average molecular weight is 201 g/mol. The van der Waals surface area contributed by atoms with Gasteiger partial charge in [-0.2, -0.15) is 0 Å². The van der Waals surface area contributed by atoms with E-state index in [2.05, 4.69) is 21.1 Å². The van der Waals surface area contributed by atoms with Crippen LogP contribution in [-0.4, -0.2) is 8.58 Å². The fourth-order valence-corrected chi connectivity index (χ4v) is 1.73. The third kappa shape index (κ3) is 0.888. The van der Waals surface area contributed by atoms with Gasteiger partial charge in [0.1, 0.15) is 5.82 Å². The van der Waals surface area contributed by atoms with Crippen molar-refractivity contribution < 1.29 is 0 Å². The second kappa shape index (κ2) is 2.38. The zero-order valence-corrected chi connectivity index (χ0v) is 7.21. The van der Waals surface area contributed by atoms with Crippen LogP contribution in [0.4, 0.5) is 0 Å². The van der Waals surface area contributed by atoms with E-state index in [0.717, 1.165) is 5.92 Å². The first-order valence-electron chi connectivity index (χ1n) is 3.57. The number of imidazole rings is 1. The monoisotopic (exact) mass is 200 g/mol. The Kier molecular flexibility index (Phi) is 1.52. The van der Waals surface area contributed by atoms with E-state index in [1.807, 2.05) is 16.0 Å². The predicted octanol–water partition coefficient (Wildman–Crippen LogP) is 2.31. The second-order valence-corrected chi connectivity index (χ2v) is 3.49. The molecule has 1 saturated carbocycles. The standard InChI is InChI=1S/C7H9BrN2/c8-10-5-4-9-7(10)6-2-1-3-6/h4-6H,1-3H2. The van der Waals surface area contributed by atoms with Crippen molar-refractivity contribution in [2.24, 2.45) is 0 Å². The first kappa shape index (κ1) is 6.40. The summed E-state index contributed by atoms with van der Waals surface area (Å²) in [6.07, 6.45) is 7.76. The van der Waals surface area contributed by atoms with Crippen molar-refractivity contribution in [1.82, 2.24) is 8.58 Å². The topological polar surface area (TPSA) is 17.8 Å². The summed E-state index contributed by atoms with van der Waals surface area (Å²) >= 11 is 3.40. The Balaban J connectivity index is 2.23. The van der Waals surface area contributed by atoms with Gasteiger partial charge in [0.25, 0.3) is 0 Å². The SMILES string of the molecule is Brn1ccnc1C1CCC1. The molecule has 10 heavy (non-hydrogen) atoms. The van der Waals surface area contributed by atoms with Crippen LogP contribution in [0.5, 0.6) is 0 Å². The van der Waals surface area contributed by atoms with Gasteiger partial charge in [0.2, 0.25) is 0 Å². The normalized spacial score (nSPS) is 18.9.